The quantitative estimate of drug-likeness (QED) is 0.691. The molecule has 0 aliphatic heterocycles. The van der Waals surface area contributed by atoms with E-state index in [-0.39, 0.29) is 5.41 Å². The summed E-state index contributed by atoms with van der Waals surface area (Å²) in [5.74, 6) is 0. The van der Waals surface area contributed by atoms with Crippen molar-refractivity contribution in [3.63, 3.8) is 0 Å². The van der Waals surface area contributed by atoms with Gasteiger partial charge in [-0.2, -0.15) is 0 Å². The monoisotopic (exact) mass is 276 g/mol. The number of likely N-dealkylation sites (N-methyl/N-ethyl adjacent to an activating group) is 2. The number of hydrogen-bond donors (Lipinski definition) is 0. The Morgan fingerprint density at radius 1 is 0.950 bits per heavy atom. The van der Waals surface area contributed by atoms with Gasteiger partial charge in [-0.25, -0.2) is 0 Å². The molecule has 0 aromatic rings. The van der Waals surface area contributed by atoms with Crippen LogP contribution in [0.1, 0.15) is 41.0 Å². The molecular formula is C18H32N2. The van der Waals surface area contributed by atoms with Crippen molar-refractivity contribution >= 4 is 0 Å². The Balaban J connectivity index is 2.76. The van der Waals surface area contributed by atoms with Crippen LogP contribution in [0.4, 0.5) is 0 Å². The summed E-state index contributed by atoms with van der Waals surface area (Å²) in [5.41, 5.74) is 5.10. The Kier molecular flexibility index (Phi) is 5.64. The molecule has 0 saturated heterocycles. The standard InChI is InChI=1S/C18H32N2/c1-9-11-20(10-2)13-12-19(8)17-15(4)14(3)16(17)18(5,6)7/h3-4,9-13H2,1-2,5-8H3. The van der Waals surface area contributed by atoms with Crippen LogP contribution >= 0.6 is 0 Å². The van der Waals surface area contributed by atoms with E-state index >= 15 is 0 Å². The molecule has 0 N–H and O–H groups in total. The first kappa shape index (κ1) is 17.0. The van der Waals surface area contributed by atoms with Crippen molar-refractivity contribution < 1.29 is 0 Å². The number of allylic oxidation sites excluding steroid dienone is 2. The zero-order valence-electron chi connectivity index (χ0n) is 14.3. The average molecular weight is 276 g/mol. The predicted octanol–water partition coefficient (Wildman–Crippen LogP) is 4.08. The molecule has 0 fully saturated rings. The largest absolute Gasteiger partial charge is 0.373 e. The van der Waals surface area contributed by atoms with E-state index in [4.69, 9.17) is 0 Å². The van der Waals surface area contributed by atoms with E-state index < -0.39 is 0 Å². The van der Waals surface area contributed by atoms with E-state index in [0.29, 0.717) is 0 Å². The third-order valence-electron chi connectivity index (χ3n) is 4.06. The first-order valence-electron chi connectivity index (χ1n) is 7.81. The van der Waals surface area contributed by atoms with Crippen LogP contribution in [0.25, 0.3) is 0 Å². The second kappa shape index (κ2) is 6.62. The molecule has 1 rings (SSSR count). The van der Waals surface area contributed by atoms with Crippen molar-refractivity contribution in [2.45, 2.75) is 41.0 Å². The second-order valence-electron chi connectivity index (χ2n) is 6.79. The highest BCUT2D eigenvalue weighted by atomic mass is 15.2. The molecule has 2 nitrogen and oxygen atoms in total. The molecule has 0 unspecified atom stereocenters. The molecule has 0 saturated carbocycles. The van der Waals surface area contributed by atoms with Crippen molar-refractivity contribution in [1.29, 1.82) is 0 Å². The molecule has 114 valence electrons. The van der Waals surface area contributed by atoms with Crippen molar-refractivity contribution in [2.24, 2.45) is 5.41 Å². The molecule has 1 aliphatic carbocycles. The topological polar surface area (TPSA) is 6.48 Å². The van der Waals surface area contributed by atoms with Gasteiger partial charge in [-0.05, 0) is 41.6 Å². The van der Waals surface area contributed by atoms with E-state index in [2.05, 4.69) is 64.6 Å². The highest BCUT2D eigenvalue weighted by Gasteiger charge is 2.35. The zero-order chi connectivity index (χ0) is 15.5. The summed E-state index contributed by atoms with van der Waals surface area (Å²) < 4.78 is 0. The van der Waals surface area contributed by atoms with Gasteiger partial charge in [-0.3, -0.25) is 0 Å². The second-order valence-corrected chi connectivity index (χ2v) is 6.79. The number of nitrogens with zero attached hydrogens (tertiary/aromatic N) is 2. The molecule has 0 aromatic carbocycles. The summed E-state index contributed by atoms with van der Waals surface area (Å²) in [5, 5.41) is 0. The van der Waals surface area contributed by atoms with E-state index in [0.717, 1.165) is 30.8 Å². The normalized spacial score (nSPS) is 15.9. The van der Waals surface area contributed by atoms with Crippen LogP contribution in [0.2, 0.25) is 0 Å². The van der Waals surface area contributed by atoms with Crippen LogP contribution in [-0.2, 0) is 0 Å². The first-order chi connectivity index (χ1) is 9.23. The third-order valence-corrected chi connectivity index (χ3v) is 4.06. The van der Waals surface area contributed by atoms with Crippen LogP contribution in [0.3, 0.4) is 0 Å². The van der Waals surface area contributed by atoms with Gasteiger partial charge < -0.3 is 9.80 Å². The van der Waals surface area contributed by atoms with Gasteiger partial charge in [-0.1, -0.05) is 47.8 Å². The van der Waals surface area contributed by atoms with Crippen LogP contribution < -0.4 is 0 Å². The summed E-state index contributed by atoms with van der Waals surface area (Å²) in [4.78, 5) is 4.86. The van der Waals surface area contributed by atoms with Gasteiger partial charge in [0.05, 0.1) is 0 Å². The van der Waals surface area contributed by atoms with Gasteiger partial charge >= 0.3 is 0 Å². The lowest BCUT2D eigenvalue weighted by molar-refractivity contribution is 0.251. The van der Waals surface area contributed by atoms with Gasteiger partial charge in [0, 0.05) is 25.8 Å². The Hall–Kier alpha value is -1.02. The number of hydrogen-bond acceptors (Lipinski definition) is 2. The highest BCUT2D eigenvalue weighted by molar-refractivity contribution is 5.68. The summed E-state index contributed by atoms with van der Waals surface area (Å²) >= 11 is 0. The fraction of sp³-hybridized carbons (Fsp3) is 0.667. The van der Waals surface area contributed by atoms with Gasteiger partial charge in [0.15, 0.2) is 0 Å². The van der Waals surface area contributed by atoms with E-state index in [1.807, 2.05) is 0 Å². The van der Waals surface area contributed by atoms with Crippen molar-refractivity contribution in [3.8, 4) is 0 Å². The number of rotatable bonds is 7. The Labute approximate surface area is 125 Å². The zero-order valence-corrected chi connectivity index (χ0v) is 14.3. The minimum atomic E-state index is 0.149. The van der Waals surface area contributed by atoms with E-state index in [9.17, 15) is 0 Å². The molecular weight excluding hydrogens is 244 g/mol. The fourth-order valence-corrected chi connectivity index (χ4v) is 2.90. The average Bonchev–Trinajstić information content (AvgIpc) is 2.37. The maximum Gasteiger partial charge on any atom is 0.0481 e. The summed E-state index contributed by atoms with van der Waals surface area (Å²) in [7, 11) is 2.18. The highest BCUT2D eigenvalue weighted by Crippen LogP contribution is 2.48. The maximum absolute atomic E-state index is 4.18. The van der Waals surface area contributed by atoms with Crippen molar-refractivity contribution in [3.05, 3.63) is 35.6 Å². The Morgan fingerprint density at radius 3 is 2.00 bits per heavy atom. The Bertz CT molecular complexity index is 410. The van der Waals surface area contributed by atoms with Gasteiger partial charge in [-0.15, -0.1) is 0 Å². The van der Waals surface area contributed by atoms with Crippen LogP contribution in [0.15, 0.2) is 35.6 Å². The minimum absolute atomic E-state index is 0.149. The molecule has 0 heterocycles. The first-order valence-corrected chi connectivity index (χ1v) is 7.81. The smallest absolute Gasteiger partial charge is 0.0481 e. The molecule has 0 aromatic heterocycles. The third kappa shape index (κ3) is 3.54. The molecule has 0 atom stereocenters. The lowest BCUT2D eigenvalue weighted by Crippen LogP contribution is -2.38. The predicted molar refractivity (Wildman–Crippen MR) is 89.8 cm³/mol. The SMILES string of the molecule is C=C1C(=C)C(C(C)(C)C)=C1N(C)CCN(CC)CCC. The van der Waals surface area contributed by atoms with Crippen LogP contribution in [-0.4, -0.2) is 43.0 Å². The van der Waals surface area contributed by atoms with Crippen molar-refractivity contribution in [2.75, 3.05) is 33.2 Å². The van der Waals surface area contributed by atoms with E-state index in [1.165, 1.54) is 24.2 Å². The minimum Gasteiger partial charge on any atom is -0.373 e. The van der Waals surface area contributed by atoms with Gasteiger partial charge in [0.2, 0.25) is 0 Å². The molecule has 2 heteroatoms. The summed E-state index contributed by atoms with van der Waals surface area (Å²) in [6.45, 7) is 24.1. The van der Waals surface area contributed by atoms with Crippen LogP contribution in [0.5, 0.6) is 0 Å². The lowest BCUT2D eigenvalue weighted by Gasteiger charge is -2.42. The van der Waals surface area contributed by atoms with Crippen molar-refractivity contribution in [1.82, 2.24) is 9.80 Å². The molecule has 0 spiro atoms. The maximum atomic E-state index is 4.18. The Morgan fingerprint density at radius 2 is 1.55 bits per heavy atom. The molecule has 1 aliphatic rings. The molecule has 0 bridgehead atoms. The fourth-order valence-electron chi connectivity index (χ4n) is 2.90. The molecule has 20 heavy (non-hydrogen) atoms. The lowest BCUT2D eigenvalue weighted by atomic mass is 9.70. The molecule has 0 radical (unpaired) electrons. The molecule has 0 amide bonds. The van der Waals surface area contributed by atoms with Gasteiger partial charge in [0.25, 0.3) is 0 Å². The van der Waals surface area contributed by atoms with E-state index in [1.54, 1.807) is 0 Å². The summed E-state index contributed by atoms with van der Waals surface area (Å²) in [6.07, 6.45) is 1.22. The van der Waals surface area contributed by atoms with Gasteiger partial charge in [0.1, 0.15) is 0 Å². The summed E-state index contributed by atoms with van der Waals surface area (Å²) in [6, 6.07) is 0. The van der Waals surface area contributed by atoms with Crippen LogP contribution in [0, 0.1) is 5.41 Å².